The molecule has 110 valence electrons. The molecule has 1 aromatic carbocycles. The first-order chi connectivity index (χ1) is 9.74. The van der Waals surface area contributed by atoms with E-state index in [4.69, 9.17) is 4.74 Å². The maximum atomic E-state index is 11.1. The average Bonchev–Trinajstić information content (AvgIpc) is 2.50. The highest BCUT2D eigenvalue weighted by atomic mass is 16.6. The minimum absolute atomic E-state index is 0.0349. The highest BCUT2D eigenvalue weighted by Gasteiger charge is 2.19. The van der Waals surface area contributed by atoms with E-state index in [9.17, 15) is 4.79 Å². The van der Waals surface area contributed by atoms with Crippen LogP contribution in [0.15, 0.2) is 18.2 Å². The molecule has 0 heterocycles. The van der Waals surface area contributed by atoms with Crippen molar-refractivity contribution in [2.24, 2.45) is 0 Å². The van der Waals surface area contributed by atoms with Crippen molar-refractivity contribution in [2.75, 3.05) is 20.3 Å². The van der Waals surface area contributed by atoms with Crippen LogP contribution in [0, 0.1) is 0 Å². The van der Waals surface area contributed by atoms with Gasteiger partial charge in [0, 0.05) is 6.04 Å². The molecule has 0 saturated carbocycles. The van der Waals surface area contributed by atoms with E-state index in [0.717, 1.165) is 25.1 Å². The maximum absolute atomic E-state index is 11.1. The van der Waals surface area contributed by atoms with Gasteiger partial charge in [-0.1, -0.05) is 13.0 Å². The molecule has 1 aliphatic rings. The van der Waals surface area contributed by atoms with Gasteiger partial charge in [0.1, 0.15) is 5.75 Å². The lowest BCUT2D eigenvalue weighted by molar-refractivity contribution is -0.142. The van der Waals surface area contributed by atoms with Gasteiger partial charge in [0.05, 0.1) is 7.11 Å². The number of rotatable bonds is 6. The van der Waals surface area contributed by atoms with Gasteiger partial charge in [-0.05, 0) is 55.5 Å². The lowest BCUT2D eigenvalue weighted by Crippen LogP contribution is -2.25. The summed E-state index contributed by atoms with van der Waals surface area (Å²) in [5, 5.41) is 3.59. The molecule has 0 bridgehead atoms. The number of fused-ring (bicyclic) bond motifs is 1. The number of carbonyl (C=O) groups excluding carboxylic acids is 1. The van der Waals surface area contributed by atoms with E-state index >= 15 is 0 Å². The molecular formula is C16H23NO3. The highest BCUT2D eigenvalue weighted by Crippen LogP contribution is 2.32. The molecule has 0 aromatic heterocycles. The molecule has 0 aliphatic heterocycles. The Morgan fingerprint density at radius 1 is 1.45 bits per heavy atom. The Hall–Kier alpha value is -1.55. The fraction of sp³-hybridized carbons (Fsp3) is 0.562. The topological polar surface area (TPSA) is 47.6 Å². The fourth-order valence-electron chi connectivity index (χ4n) is 2.61. The van der Waals surface area contributed by atoms with Gasteiger partial charge >= 0.3 is 5.97 Å². The molecule has 0 amide bonds. The van der Waals surface area contributed by atoms with Crippen LogP contribution < -0.4 is 10.1 Å². The summed E-state index contributed by atoms with van der Waals surface area (Å²) >= 11 is 0. The zero-order chi connectivity index (χ0) is 14.4. The first-order valence-electron chi connectivity index (χ1n) is 7.30. The van der Waals surface area contributed by atoms with E-state index in [-0.39, 0.29) is 12.6 Å². The summed E-state index contributed by atoms with van der Waals surface area (Å²) in [6.45, 7) is 3.19. The SMILES string of the molecule is CCCNC1CCCc2cc(OCC(=O)OC)ccc21. The Balaban J connectivity index is 2.04. The molecule has 0 saturated heterocycles. The van der Waals surface area contributed by atoms with Gasteiger partial charge in [-0.15, -0.1) is 0 Å². The molecule has 0 spiro atoms. The predicted molar refractivity (Wildman–Crippen MR) is 77.9 cm³/mol. The Kier molecular flexibility index (Phi) is 5.41. The number of aryl methyl sites for hydroxylation is 1. The average molecular weight is 277 g/mol. The van der Waals surface area contributed by atoms with E-state index in [1.807, 2.05) is 6.07 Å². The van der Waals surface area contributed by atoms with Crippen molar-refractivity contribution in [1.29, 1.82) is 0 Å². The second kappa shape index (κ2) is 7.29. The van der Waals surface area contributed by atoms with Crippen molar-refractivity contribution < 1.29 is 14.3 Å². The van der Waals surface area contributed by atoms with Gasteiger partial charge < -0.3 is 14.8 Å². The first kappa shape index (κ1) is 14.9. The number of benzene rings is 1. The smallest absolute Gasteiger partial charge is 0.343 e. The Morgan fingerprint density at radius 2 is 2.30 bits per heavy atom. The van der Waals surface area contributed by atoms with Crippen LogP contribution in [0.3, 0.4) is 0 Å². The second-order valence-corrected chi connectivity index (χ2v) is 5.12. The molecule has 1 unspecified atom stereocenters. The van der Waals surface area contributed by atoms with Gasteiger partial charge in [-0.2, -0.15) is 0 Å². The summed E-state index contributed by atoms with van der Waals surface area (Å²) in [5.74, 6) is 0.385. The van der Waals surface area contributed by atoms with E-state index in [1.165, 1.54) is 31.1 Å². The van der Waals surface area contributed by atoms with Crippen molar-refractivity contribution in [3.63, 3.8) is 0 Å². The number of ether oxygens (including phenoxy) is 2. The van der Waals surface area contributed by atoms with Crippen molar-refractivity contribution in [2.45, 2.75) is 38.6 Å². The van der Waals surface area contributed by atoms with Crippen molar-refractivity contribution >= 4 is 5.97 Å². The van der Waals surface area contributed by atoms with Crippen LogP contribution in [0.4, 0.5) is 0 Å². The summed E-state index contributed by atoms with van der Waals surface area (Å²) < 4.78 is 10.0. The molecule has 0 radical (unpaired) electrons. The number of nitrogens with one attached hydrogen (secondary N) is 1. The van der Waals surface area contributed by atoms with Gasteiger partial charge in [0.25, 0.3) is 0 Å². The Bertz CT molecular complexity index is 459. The van der Waals surface area contributed by atoms with E-state index < -0.39 is 0 Å². The van der Waals surface area contributed by atoms with Crippen LogP contribution in [0.5, 0.6) is 5.75 Å². The van der Waals surface area contributed by atoms with Crippen LogP contribution in [0.2, 0.25) is 0 Å². The number of hydrogen-bond acceptors (Lipinski definition) is 4. The molecule has 1 atom stereocenters. The summed E-state index contributed by atoms with van der Waals surface area (Å²) in [7, 11) is 1.36. The fourth-order valence-corrected chi connectivity index (χ4v) is 2.61. The molecule has 0 fully saturated rings. The lowest BCUT2D eigenvalue weighted by atomic mass is 9.87. The van der Waals surface area contributed by atoms with Crippen LogP contribution >= 0.6 is 0 Å². The minimum atomic E-state index is -0.356. The van der Waals surface area contributed by atoms with Gasteiger partial charge in [-0.25, -0.2) is 4.79 Å². The zero-order valence-corrected chi connectivity index (χ0v) is 12.3. The second-order valence-electron chi connectivity index (χ2n) is 5.12. The quantitative estimate of drug-likeness (QED) is 0.812. The maximum Gasteiger partial charge on any atom is 0.343 e. The van der Waals surface area contributed by atoms with Crippen LogP contribution in [-0.2, 0) is 16.0 Å². The number of carbonyl (C=O) groups is 1. The molecule has 1 aliphatic carbocycles. The standard InChI is InChI=1S/C16H23NO3/c1-3-9-17-15-6-4-5-12-10-13(7-8-14(12)15)20-11-16(18)19-2/h7-8,10,15,17H,3-6,9,11H2,1-2H3. The van der Waals surface area contributed by atoms with Crippen LogP contribution in [0.25, 0.3) is 0 Å². The van der Waals surface area contributed by atoms with Gasteiger partial charge in [0.2, 0.25) is 0 Å². The van der Waals surface area contributed by atoms with E-state index in [0.29, 0.717) is 6.04 Å². The molecule has 4 nitrogen and oxygen atoms in total. The minimum Gasteiger partial charge on any atom is -0.482 e. The Labute approximate surface area is 120 Å². The van der Waals surface area contributed by atoms with Crippen LogP contribution in [-0.4, -0.2) is 26.2 Å². The predicted octanol–water partition coefficient (Wildman–Crippen LogP) is 2.62. The monoisotopic (exact) mass is 277 g/mol. The molecule has 2 rings (SSSR count). The van der Waals surface area contributed by atoms with Gasteiger partial charge in [0.15, 0.2) is 6.61 Å². The van der Waals surface area contributed by atoms with E-state index in [1.54, 1.807) is 0 Å². The highest BCUT2D eigenvalue weighted by molar-refractivity contribution is 5.70. The molecule has 1 aromatic rings. The van der Waals surface area contributed by atoms with Crippen molar-refractivity contribution in [3.05, 3.63) is 29.3 Å². The normalized spacial score (nSPS) is 17.4. The molecule has 1 N–H and O–H groups in total. The lowest BCUT2D eigenvalue weighted by Gasteiger charge is -2.27. The third-order valence-electron chi connectivity index (χ3n) is 3.65. The van der Waals surface area contributed by atoms with E-state index in [2.05, 4.69) is 29.1 Å². The number of hydrogen-bond donors (Lipinski definition) is 1. The van der Waals surface area contributed by atoms with Crippen molar-refractivity contribution in [1.82, 2.24) is 5.32 Å². The molecule has 20 heavy (non-hydrogen) atoms. The van der Waals surface area contributed by atoms with Crippen molar-refractivity contribution in [3.8, 4) is 5.75 Å². The first-order valence-corrected chi connectivity index (χ1v) is 7.30. The third-order valence-corrected chi connectivity index (χ3v) is 3.65. The van der Waals surface area contributed by atoms with Gasteiger partial charge in [-0.3, -0.25) is 0 Å². The largest absolute Gasteiger partial charge is 0.482 e. The summed E-state index contributed by atoms with van der Waals surface area (Å²) in [6.07, 6.45) is 4.60. The Morgan fingerprint density at radius 3 is 3.05 bits per heavy atom. The summed E-state index contributed by atoms with van der Waals surface area (Å²) in [5.41, 5.74) is 2.70. The molecule has 4 heteroatoms. The third kappa shape index (κ3) is 3.73. The number of methoxy groups -OCH3 is 1. The molecular weight excluding hydrogens is 254 g/mol. The number of esters is 1. The summed E-state index contributed by atoms with van der Waals surface area (Å²) in [6, 6.07) is 6.56. The zero-order valence-electron chi connectivity index (χ0n) is 12.3. The van der Waals surface area contributed by atoms with Crippen LogP contribution in [0.1, 0.15) is 43.4 Å². The summed E-state index contributed by atoms with van der Waals surface area (Å²) in [4.78, 5) is 11.1.